The summed E-state index contributed by atoms with van der Waals surface area (Å²) in [6, 6.07) is 30.3. The zero-order valence-electron chi connectivity index (χ0n) is 18.6. The Hall–Kier alpha value is -4.14. The zero-order valence-corrected chi connectivity index (χ0v) is 19.4. The van der Waals surface area contributed by atoms with Gasteiger partial charge in [-0.3, -0.25) is 4.55 Å². The van der Waals surface area contributed by atoms with Gasteiger partial charge in [0.25, 0.3) is 11.3 Å². The SMILES string of the molecule is O=C(O)c1ccc(OCCOc2ccccc2N(c2ccc(-c3ccccc3)cc2)S(=O)O)cc1. The van der Waals surface area contributed by atoms with E-state index in [0.29, 0.717) is 22.9 Å². The molecule has 0 heterocycles. The number of carboxylic acids is 1. The fourth-order valence-corrected chi connectivity index (χ4v) is 4.11. The van der Waals surface area contributed by atoms with Crippen LogP contribution in [0.1, 0.15) is 10.4 Å². The Morgan fingerprint density at radius 3 is 2.00 bits per heavy atom. The molecule has 4 aromatic rings. The third kappa shape index (κ3) is 6.06. The first kappa shape index (κ1) is 24.0. The normalized spacial score (nSPS) is 11.5. The lowest BCUT2D eigenvalue weighted by atomic mass is 10.1. The predicted molar refractivity (Wildman–Crippen MR) is 136 cm³/mol. The molecule has 2 N–H and O–H groups in total. The summed E-state index contributed by atoms with van der Waals surface area (Å²) in [6.45, 7) is 0.380. The zero-order chi connectivity index (χ0) is 24.6. The first-order chi connectivity index (χ1) is 17.0. The summed E-state index contributed by atoms with van der Waals surface area (Å²) < 4.78 is 35.2. The first-order valence-corrected chi connectivity index (χ1v) is 11.8. The highest BCUT2D eigenvalue weighted by atomic mass is 32.2. The minimum absolute atomic E-state index is 0.177. The second-order valence-corrected chi connectivity index (χ2v) is 8.26. The van der Waals surface area contributed by atoms with Crippen molar-refractivity contribution in [2.24, 2.45) is 0 Å². The number of aromatic carboxylic acids is 1. The van der Waals surface area contributed by atoms with E-state index in [1.807, 2.05) is 42.5 Å². The average molecular weight is 490 g/mol. The Labute approximate surface area is 205 Å². The van der Waals surface area contributed by atoms with Gasteiger partial charge in [0.2, 0.25) is 0 Å². The fourth-order valence-electron chi connectivity index (χ4n) is 3.49. The van der Waals surface area contributed by atoms with Gasteiger partial charge in [-0.15, -0.1) is 0 Å². The number of carboxylic acid groups (broad SMARTS) is 1. The number of ether oxygens (including phenoxy) is 2. The highest BCUT2D eigenvalue weighted by molar-refractivity contribution is 7.81. The molecule has 0 aromatic heterocycles. The van der Waals surface area contributed by atoms with E-state index in [1.165, 1.54) is 16.4 Å². The van der Waals surface area contributed by atoms with Crippen molar-refractivity contribution in [3.63, 3.8) is 0 Å². The second kappa shape index (κ2) is 11.3. The highest BCUT2D eigenvalue weighted by Gasteiger charge is 2.19. The second-order valence-electron chi connectivity index (χ2n) is 7.43. The molecular weight excluding hydrogens is 466 g/mol. The Balaban J connectivity index is 1.46. The van der Waals surface area contributed by atoms with E-state index in [2.05, 4.69) is 0 Å². The fraction of sp³-hybridized carbons (Fsp3) is 0.0741. The van der Waals surface area contributed by atoms with Crippen molar-refractivity contribution in [3.05, 3.63) is 109 Å². The van der Waals surface area contributed by atoms with Gasteiger partial charge in [-0.1, -0.05) is 54.6 Å². The van der Waals surface area contributed by atoms with Gasteiger partial charge in [-0.05, 0) is 59.7 Å². The van der Waals surface area contributed by atoms with Crippen LogP contribution < -0.4 is 13.8 Å². The molecule has 0 aliphatic rings. The molecular formula is C27H23NO6S. The van der Waals surface area contributed by atoms with Crippen molar-refractivity contribution in [2.45, 2.75) is 0 Å². The summed E-state index contributed by atoms with van der Waals surface area (Å²) in [6.07, 6.45) is 0. The van der Waals surface area contributed by atoms with Crippen molar-refractivity contribution in [2.75, 3.05) is 17.5 Å². The topological polar surface area (TPSA) is 96.3 Å². The van der Waals surface area contributed by atoms with E-state index < -0.39 is 17.2 Å². The van der Waals surface area contributed by atoms with Crippen LogP contribution in [0, 0.1) is 0 Å². The molecule has 0 bridgehead atoms. The third-order valence-corrected chi connectivity index (χ3v) is 5.88. The van der Waals surface area contributed by atoms with E-state index >= 15 is 0 Å². The van der Waals surface area contributed by atoms with Crippen LogP contribution in [0.2, 0.25) is 0 Å². The number of para-hydroxylation sites is 2. The summed E-state index contributed by atoms with van der Waals surface area (Å²) in [5.74, 6) is -0.0626. The van der Waals surface area contributed by atoms with Crippen LogP contribution in [0.4, 0.5) is 11.4 Å². The molecule has 4 aromatic carbocycles. The molecule has 7 nitrogen and oxygen atoms in total. The molecule has 0 spiro atoms. The quantitative estimate of drug-likeness (QED) is 0.216. The van der Waals surface area contributed by atoms with Crippen LogP contribution in [0.25, 0.3) is 11.1 Å². The molecule has 0 saturated carbocycles. The summed E-state index contributed by atoms with van der Waals surface area (Å²) in [5.41, 5.74) is 3.20. The maximum Gasteiger partial charge on any atom is 0.335 e. The molecule has 1 atom stereocenters. The predicted octanol–water partition coefficient (Wildman–Crippen LogP) is 5.78. The molecule has 0 fully saturated rings. The smallest absolute Gasteiger partial charge is 0.335 e. The lowest BCUT2D eigenvalue weighted by molar-refractivity contribution is 0.0697. The van der Waals surface area contributed by atoms with Crippen LogP contribution in [0.3, 0.4) is 0 Å². The lowest BCUT2D eigenvalue weighted by Crippen LogP contribution is -2.20. The van der Waals surface area contributed by atoms with Crippen LogP contribution in [0.15, 0.2) is 103 Å². The van der Waals surface area contributed by atoms with Gasteiger partial charge in [0.05, 0.1) is 16.9 Å². The summed E-state index contributed by atoms with van der Waals surface area (Å²) in [4.78, 5) is 10.9. The standard InChI is InChI=1S/C27H23NO6S/c29-27(30)22-12-16-24(17-13-22)33-18-19-34-26-9-5-4-8-25(26)28(35(31)32)23-14-10-21(11-15-23)20-6-2-1-3-7-20/h1-17H,18-19H2,(H,29,30)(H,31,32). The van der Waals surface area contributed by atoms with Crippen molar-refractivity contribution in [1.82, 2.24) is 0 Å². The van der Waals surface area contributed by atoms with Crippen molar-refractivity contribution in [1.29, 1.82) is 0 Å². The molecule has 0 saturated heterocycles. The van der Waals surface area contributed by atoms with Gasteiger partial charge in [-0.25, -0.2) is 13.3 Å². The van der Waals surface area contributed by atoms with Crippen molar-refractivity contribution < 1.29 is 28.1 Å². The van der Waals surface area contributed by atoms with Gasteiger partial charge in [0, 0.05) is 0 Å². The number of hydrogen-bond acceptors (Lipinski definition) is 4. The molecule has 0 amide bonds. The van der Waals surface area contributed by atoms with E-state index in [0.717, 1.165) is 11.1 Å². The molecule has 0 aliphatic carbocycles. The van der Waals surface area contributed by atoms with Crippen LogP contribution in [0.5, 0.6) is 11.5 Å². The molecule has 0 radical (unpaired) electrons. The number of benzene rings is 4. The largest absolute Gasteiger partial charge is 0.490 e. The van der Waals surface area contributed by atoms with Crippen molar-refractivity contribution >= 4 is 28.6 Å². The van der Waals surface area contributed by atoms with Gasteiger partial charge < -0.3 is 14.6 Å². The minimum atomic E-state index is -2.34. The highest BCUT2D eigenvalue weighted by Crippen LogP contribution is 2.35. The van der Waals surface area contributed by atoms with E-state index in [1.54, 1.807) is 48.5 Å². The maximum absolute atomic E-state index is 12.3. The van der Waals surface area contributed by atoms with E-state index in [9.17, 15) is 13.6 Å². The first-order valence-electron chi connectivity index (χ1n) is 10.8. The number of hydrogen-bond donors (Lipinski definition) is 2. The summed E-state index contributed by atoms with van der Waals surface area (Å²) >= 11 is -2.34. The number of rotatable bonds is 10. The molecule has 1 unspecified atom stereocenters. The molecule has 0 aliphatic heterocycles. The van der Waals surface area contributed by atoms with Crippen molar-refractivity contribution in [3.8, 4) is 22.6 Å². The van der Waals surface area contributed by atoms with Gasteiger partial charge in [0.1, 0.15) is 24.7 Å². The Kier molecular flexibility index (Phi) is 7.77. The Bertz CT molecular complexity index is 1290. The van der Waals surface area contributed by atoms with Gasteiger partial charge >= 0.3 is 5.97 Å². The number of carbonyl (C=O) groups is 1. The van der Waals surface area contributed by atoms with E-state index in [-0.39, 0.29) is 18.8 Å². The Morgan fingerprint density at radius 1 is 0.743 bits per heavy atom. The maximum atomic E-state index is 12.3. The number of anilines is 2. The van der Waals surface area contributed by atoms with Crippen LogP contribution in [-0.4, -0.2) is 33.1 Å². The lowest BCUT2D eigenvalue weighted by Gasteiger charge is -2.23. The molecule has 4 rings (SSSR count). The summed E-state index contributed by atoms with van der Waals surface area (Å²) in [5, 5.41) is 8.97. The number of nitrogens with zero attached hydrogens (tertiary/aromatic N) is 1. The van der Waals surface area contributed by atoms with Crippen LogP contribution in [-0.2, 0) is 11.3 Å². The molecule has 8 heteroatoms. The van der Waals surface area contributed by atoms with Crippen LogP contribution >= 0.6 is 0 Å². The van der Waals surface area contributed by atoms with Gasteiger partial charge in [0.15, 0.2) is 0 Å². The van der Waals surface area contributed by atoms with Gasteiger partial charge in [-0.2, -0.15) is 0 Å². The monoisotopic (exact) mass is 489 g/mol. The minimum Gasteiger partial charge on any atom is -0.490 e. The third-order valence-electron chi connectivity index (χ3n) is 5.16. The Morgan fingerprint density at radius 2 is 1.34 bits per heavy atom. The van der Waals surface area contributed by atoms with E-state index in [4.69, 9.17) is 14.6 Å². The molecule has 178 valence electrons. The average Bonchev–Trinajstić information content (AvgIpc) is 2.88. The summed E-state index contributed by atoms with van der Waals surface area (Å²) in [7, 11) is 0. The molecule has 35 heavy (non-hydrogen) atoms.